The predicted molar refractivity (Wildman–Crippen MR) is 131 cm³/mol. The molecule has 4 nitrogen and oxygen atoms in total. The van der Waals surface area contributed by atoms with Crippen LogP contribution in [0.15, 0.2) is 11.6 Å². The van der Waals surface area contributed by atoms with Crippen molar-refractivity contribution in [3.05, 3.63) is 11.6 Å². The van der Waals surface area contributed by atoms with Crippen molar-refractivity contribution < 1.29 is 15.0 Å². The molecule has 186 valence electrons. The van der Waals surface area contributed by atoms with Crippen molar-refractivity contribution in [2.45, 2.75) is 97.5 Å². The van der Waals surface area contributed by atoms with E-state index in [4.69, 9.17) is 0 Å². The Labute approximate surface area is 201 Å². The molecular weight excluding hydrogens is 410 g/mol. The van der Waals surface area contributed by atoms with Gasteiger partial charge in [0, 0.05) is 32.0 Å². The quantitative estimate of drug-likeness (QED) is 0.559. The van der Waals surface area contributed by atoms with E-state index in [0.717, 1.165) is 62.4 Å². The van der Waals surface area contributed by atoms with Crippen LogP contribution in [-0.2, 0) is 4.79 Å². The molecule has 1 aliphatic heterocycles. The van der Waals surface area contributed by atoms with Gasteiger partial charge in [-0.15, -0.1) is 0 Å². The molecule has 3 saturated carbocycles. The Hall–Kier alpha value is -0.870. The fraction of sp³-hybridized carbons (Fsp3) is 0.897. The zero-order chi connectivity index (χ0) is 23.4. The first-order chi connectivity index (χ1) is 15.8. The van der Waals surface area contributed by atoms with Crippen molar-refractivity contribution in [1.82, 2.24) is 4.90 Å². The van der Waals surface area contributed by atoms with Crippen LogP contribution in [0.1, 0.15) is 91.4 Å². The first kappa shape index (κ1) is 23.9. The van der Waals surface area contributed by atoms with Crippen molar-refractivity contribution >= 4 is 5.91 Å². The largest absolute Gasteiger partial charge is 0.396 e. The summed E-state index contributed by atoms with van der Waals surface area (Å²) in [5.74, 6) is 4.37. The summed E-state index contributed by atoms with van der Waals surface area (Å²) in [6.07, 6.45) is 14.7. The Bertz CT molecular complexity index is 779. The fourth-order valence-corrected chi connectivity index (χ4v) is 9.54. The van der Waals surface area contributed by atoms with Gasteiger partial charge in [-0.05, 0) is 105 Å². The van der Waals surface area contributed by atoms with Gasteiger partial charge in [-0.2, -0.15) is 0 Å². The van der Waals surface area contributed by atoms with Gasteiger partial charge < -0.3 is 15.1 Å². The molecule has 0 spiro atoms. The lowest BCUT2D eigenvalue weighted by molar-refractivity contribution is -0.130. The fourth-order valence-electron chi connectivity index (χ4n) is 9.54. The summed E-state index contributed by atoms with van der Waals surface area (Å²) in [5, 5.41) is 19.6. The normalized spacial score (nSPS) is 45.7. The van der Waals surface area contributed by atoms with Crippen LogP contribution in [0.2, 0.25) is 0 Å². The maximum Gasteiger partial charge on any atom is 0.222 e. The van der Waals surface area contributed by atoms with E-state index in [1.807, 2.05) is 4.90 Å². The highest BCUT2D eigenvalue weighted by molar-refractivity contribution is 5.76. The topological polar surface area (TPSA) is 60.8 Å². The van der Waals surface area contributed by atoms with Crippen molar-refractivity contribution in [3.8, 4) is 0 Å². The molecule has 5 rings (SSSR count). The Morgan fingerprint density at radius 3 is 2.73 bits per heavy atom. The van der Waals surface area contributed by atoms with E-state index in [9.17, 15) is 15.0 Å². The maximum atomic E-state index is 12.8. The molecule has 2 N–H and O–H groups in total. The molecule has 4 aliphatic carbocycles. The number of aliphatic hydroxyl groups is 2. The molecular formula is C29H47NO3. The van der Waals surface area contributed by atoms with Crippen LogP contribution in [-0.4, -0.2) is 46.8 Å². The second kappa shape index (κ2) is 8.97. The van der Waals surface area contributed by atoms with E-state index in [0.29, 0.717) is 29.1 Å². The van der Waals surface area contributed by atoms with Crippen molar-refractivity contribution in [2.24, 2.45) is 46.3 Å². The second-order valence-electron chi connectivity index (χ2n) is 13.1. The number of hydrogen-bond acceptors (Lipinski definition) is 3. The molecule has 5 aliphatic rings. The number of nitrogens with zero attached hydrogens (tertiary/aromatic N) is 1. The van der Waals surface area contributed by atoms with Gasteiger partial charge in [-0.1, -0.05) is 32.4 Å². The molecule has 0 aromatic heterocycles. The van der Waals surface area contributed by atoms with Crippen LogP contribution >= 0.6 is 0 Å². The van der Waals surface area contributed by atoms with Crippen LogP contribution in [0.5, 0.6) is 0 Å². The standard InChI is InChI=1S/C29H47NO3/c1-19(4-9-27(33)30-15-12-20(17-30)18-31)24-7-8-25-23-6-5-21-16-22(32)10-13-28(21,2)26(23)11-14-29(24,25)3/h5,19-20,22-26,31-32H,4,6-18H2,1-3H3/t19-,20-,22+,23+,24-,25+,26+,28+,29-/m1/s1. The van der Waals surface area contributed by atoms with Crippen molar-refractivity contribution in [1.29, 1.82) is 0 Å². The average Bonchev–Trinajstić information content (AvgIpc) is 3.42. The molecule has 0 aromatic rings. The molecule has 1 heterocycles. The predicted octanol–water partition coefficient (Wildman–Crippen LogP) is 5.18. The third-order valence-corrected chi connectivity index (χ3v) is 11.5. The van der Waals surface area contributed by atoms with Crippen LogP contribution in [0, 0.1) is 46.3 Å². The molecule has 9 atom stereocenters. The van der Waals surface area contributed by atoms with E-state index in [1.54, 1.807) is 5.57 Å². The molecule has 1 saturated heterocycles. The molecule has 4 heteroatoms. The summed E-state index contributed by atoms with van der Waals surface area (Å²) in [5.41, 5.74) is 2.31. The van der Waals surface area contributed by atoms with Crippen LogP contribution in [0.3, 0.4) is 0 Å². The number of carbonyl (C=O) groups is 1. The summed E-state index contributed by atoms with van der Waals surface area (Å²) >= 11 is 0. The van der Waals surface area contributed by atoms with Gasteiger partial charge in [0.1, 0.15) is 0 Å². The number of hydrogen-bond donors (Lipinski definition) is 2. The minimum Gasteiger partial charge on any atom is -0.396 e. The summed E-state index contributed by atoms with van der Waals surface area (Å²) in [6, 6.07) is 0. The van der Waals surface area contributed by atoms with Gasteiger partial charge in [0.2, 0.25) is 5.91 Å². The van der Waals surface area contributed by atoms with Crippen molar-refractivity contribution in [3.63, 3.8) is 0 Å². The number of likely N-dealkylation sites (tertiary alicyclic amines) is 1. The van der Waals surface area contributed by atoms with E-state index < -0.39 is 0 Å². The maximum absolute atomic E-state index is 12.8. The Balaban J connectivity index is 1.23. The third-order valence-electron chi connectivity index (χ3n) is 11.5. The molecule has 1 amide bonds. The first-order valence-corrected chi connectivity index (χ1v) is 14.0. The number of carbonyl (C=O) groups excluding carboxylic acids is 1. The highest BCUT2D eigenvalue weighted by Gasteiger charge is 2.59. The summed E-state index contributed by atoms with van der Waals surface area (Å²) in [4.78, 5) is 14.8. The van der Waals surface area contributed by atoms with Gasteiger partial charge in [-0.3, -0.25) is 4.79 Å². The molecule has 0 aromatic carbocycles. The second-order valence-corrected chi connectivity index (χ2v) is 13.1. The molecule has 33 heavy (non-hydrogen) atoms. The Morgan fingerprint density at radius 2 is 1.97 bits per heavy atom. The lowest BCUT2D eigenvalue weighted by atomic mass is 9.47. The Morgan fingerprint density at radius 1 is 1.15 bits per heavy atom. The Kier molecular flexibility index (Phi) is 6.48. The van der Waals surface area contributed by atoms with Crippen molar-refractivity contribution in [2.75, 3.05) is 19.7 Å². The molecule has 4 fully saturated rings. The van der Waals surface area contributed by atoms with Gasteiger partial charge in [0.15, 0.2) is 0 Å². The van der Waals surface area contributed by atoms with E-state index in [-0.39, 0.29) is 18.6 Å². The summed E-state index contributed by atoms with van der Waals surface area (Å²) in [6.45, 7) is 9.33. The van der Waals surface area contributed by atoms with Gasteiger partial charge in [0.05, 0.1) is 6.10 Å². The molecule has 0 radical (unpaired) electrons. The zero-order valence-electron chi connectivity index (χ0n) is 21.3. The number of fused-ring (bicyclic) bond motifs is 5. The molecule has 0 bridgehead atoms. The number of amides is 1. The zero-order valence-corrected chi connectivity index (χ0v) is 21.3. The van der Waals surface area contributed by atoms with Gasteiger partial charge in [-0.25, -0.2) is 0 Å². The monoisotopic (exact) mass is 457 g/mol. The van der Waals surface area contributed by atoms with Crippen LogP contribution in [0.4, 0.5) is 0 Å². The SMILES string of the molecule is C[C@H](CCC(=O)N1CC[C@@H](CO)C1)[C@H]1CC[C@H]2[C@@H]3CC=C4C[C@@H](O)CC[C@]4(C)[C@H]3CC[C@]12C. The van der Waals surface area contributed by atoms with Gasteiger partial charge >= 0.3 is 0 Å². The van der Waals surface area contributed by atoms with E-state index >= 15 is 0 Å². The highest BCUT2D eigenvalue weighted by atomic mass is 16.3. The summed E-state index contributed by atoms with van der Waals surface area (Å²) < 4.78 is 0. The number of allylic oxidation sites excluding steroid dienone is 1. The third kappa shape index (κ3) is 4.01. The minimum atomic E-state index is -0.121. The van der Waals surface area contributed by atoms with Crippen LogP contribution in [0.25, 0.3) is 0 Å². The molecule has 0 unspecified atom stereocenters. The minimum absolute atomic E-state index is 0.121. The highest BCUT2D eigenvalue weighted by Crippen LogP contribution is 2.67. The smallest absolute Gasteiger partial charge is 0.222 e. The van der Waals surface area contributed by atoms with Crippen LogP contribution < -0.4 is 0 Å². The van der Waals surface area contributed by atoms with E-state index in [2.05, 4.69) is 26.8 Å². The first-order valence-electron chi connectivity index (χ1n) is 14.0. The average molecular weight is 458 g/mol. The lowest BCUT2D eigenvalue weighted by Gasteiger charge is -2.58. The van der Waals surface area contributed by atoms with Gasteiger partial charge in [0.25, 0.3) is 0 Å². The van der Waals surface area contributed by atoms with E-state index in [1.165, 1.54) is 38.5 Å². The summed E-state index contributed by atoms with van der Waals surface area (Å²) in [7, 11) is 0. The lowest BCUT2D eigenvalue weighted by Crippen LogP contribution is -2.50. The number of aliphatic hydroxyl groups excluding tert-OH is 2. The number of rotatable bonds is 5.